The summed E-state index contributed by atoms with van der Waals surface area (Å²) < 4.78 is 0. The van der Waals surface area contributed by atoms with Crippen LogP contribution in [0.25, 0.3) is 0 Å². The maximum absolute atomic E-state index is 9.33. The van der Waals surface area contributed by atoms with Crippen molar-refractivity contribution in [1.82, 2.24) is 0 Å². The van der Waals surface area contributed by atoms with Crippen LogP contribution in [0.2, 0.25) is 6.04 Å². The van der Waals surface area contributed by atoms with Crippen molar-refractivity contribution in [2.45, 2.75) is 6.04 Å². The number of rotatable bonds is 1. The Morgan fingerprint density at radius 2 is 2.00 bits per heavy atom. The van der Waals surface area contributed by atoms with Gasteiger partial charge in [-0.1, -0.05) is 0 Å². The van der Waals surface area contributed by atoms with Crippen molar-refractivity contribution in [3.05, 3.63) is 0 Å². The number of hydrogen-bond donors (Lipinski definition) is 0. The van der Waals surface area contributed by atoms with Gasteiger partial charge in [0.25, 0.3) is 0 Å². The molecule has 0 aliphatic rings. The Labute approximate surface area is 29.1 Å². The van der Waals surface area contributed by atoms with Crippen LogP contribution in [-0.2, 0) is 5.11 Å². The lowest BCUT2D eigenvalue weighted by Gasteiger charge is -1.64. The van der Waals surface area contributed by atoms with E-state index in [0.29, 0.717) is 0 Å². The highest BCUT2D eigenvalue weighted by atomic mass is 28.1. The molecule has 1 nitrogen and oxygen atoms in total. The van der Waals surface area contributed by atoms with Crippen LogP contribution in [0.4, 0.5) is 0 Å². The van der Waals surface area contributed by atoms with Crippen LogP contribution >= 0.6 is 0 Å². The first kappa shape index (κ1) is 4.18. The predicted octanol–water partition coefficient (Wildman–Crippen LogP) is -0.799. The lowest BCUT2D eigenvalue weighted by molar-refractivity contribution is 0.212. The maximum Gasteiger partial charge on any atom is 0.0791 e. The molecule has 1 radical (unpaired) electrons. The lowest BCUT2D eigenvalue weighted by Crippen LogP contribution is -1.70. The quantitative estimate of drug-likeness (QED) is 0.364. The van der Waals surface area contributed by atoms with E-state index in [0.717, 1.165) is 16.3 Å². The highest BCUT2D eigenvalue weighted by Gasteiger charge is 1.61. The van der Waals surface area contributed by atoms with Crippen molar-refractivity contribution < 1.29 is 5.11 Å². The van der Waals surface area contributed by atoms with Crippen LogP contribution < -0.4 is 0 Å². The topological polar surface area (TPSA) is 19.9 Å². The largest absolute Gasteiger partial charge is 0.237 e. The molecule has 0 saturated heterocycles. The van der Waals surface area contributed by atoms with E-state index >= 15 is 0 Å². The molecule has 0 bridgehead atoms. The van der Waals surface area contributed by atoms with Gasteiger partial charge < -0.3 is 0 Å². The summed E-state index contributed by atoms with van der Waals surface area (Å²) in [6.07, 6.45) is 0. The average molecular weight is 75.2 g/mol. The Morgan fingerprint density at radius 3 is 2.00 bits per heavy atom. The van der Waals surface area contributed by atoms with Gasteiger partial charge in [-0.25, -0.2) is 5.11 Å². The van der Waals surface area contributed by atoms with E-state index in [1.54, 1.807) is 0 Å². The molecule has 0 N–H and O–H groups in total. The average Bonchev–Trinajstić information content (AvgIpc) is 1.37. The summed E-state index contributed by atoms with van der Waals surface area (Å²) in [5.41, 5.74) is 0. The van der Waals surface area contributed by atoms with E-state index in [9.17, 15) is 5.11 Å². The molecule has 0 aliphatic heterocycles. The maximum atomic E-state index is 9.33. The molecule has 0 unspecified atom stereocenters. The second kappa shape index (κ2) is 3.18. The Hall–Kier alpha value is 0.177. The van der Waals surface area contributed by atoms with Crippen LogP contribution in [-0.4, -0.2) is 16.8 Å². The van der Waals surface area contributed by atoms with E-state index in [1.165, 1.54) is 0 Å². The van der Waals surface area contributed by atoms with E-state index < -0.39 is 0 Å². The van der Waals surface area contributed by atoms with Crippen LogP contribution in [0, 0.1) is 0 Å². The lowest BCUT2D eigenvalue weighted by atomic mass is 10.9. The standard InChI is InChI=1S/C2H7OSi/c3-1-2-4/h1-2H2,4H3. The normalized spacial score (nSPS) is 8.25. The molecule has 0 atom stereocenters. The van der Waals surface area contributed by atoms with Crippen LogP contribution in [0.3, 0.4) is 0 Å². The molecule has 0 heterocycles. The van der Waals surface area contributed by atoms with Crippen molar-refractivity contribution in [3.63, 3.8) is 0 Å². The first-order chi connectivity index (χ1) is 1.91. The van der Waals surface area contributed by atoms with Crippen molar-refractivity contribution in [1.29, 1.82) is 0 Å². The summed E-state index contributed by atoms with van der Waals surface area (Å²) in [7, 11) is 1.08. The van der Waals surface area contributed by atoms with Crippen molar-refractivity contribution in [3.8, 4) is 0 Å². The van der Waals surface area contributed by atoms with Gasteiger partial charge in [0.2, 0.25) is 0 Å². The minimum Gasteiger partial charge on any atom is -0.237 e. The summed E-state index contributed by atoms with van der Waals surface area (Å²) in [5.74, 6) is 0. The summed E-state index contributed by atoms with van der Waals surface area (Å²) in [5, 5.41) is 9.33. The van der Waals surface area contributed by atoms with Gasteiger partial charge in [-0.15, -0.1) is 0 Å². The van der Waals surface area contributed by atoms with Crippen molar-refractivity contribution in [2.24, 2.45) is 0 Å². The van der Waals surface area contributed by atoms with Crippen LogP contribution in [0.1, 0.15) is 0 Å². The zero-order valence-electron chi connectivity index (χ0n) is 2.82. The van der Waals surface area contributed by atoms with E-state index in [2.05, 4.69) is 0 Å². The van der Waals surface area contributed by atoms with E-state index in [1.807, 2.05) is 0 Å². The van der Waals surface area contributed by atoms with Gasteiger partial charge in [-0.2, -0.15) is 0 Å². The summed E-state index contributed by atoms with van der Waals surface area (Å²) in [6.45, 7) is 0.131. The van der Waals surface area contributed by atoms with Gasteiger partial charge in [0.15, 0.2) is 0 Å². The minimum atomic E-state index is 0.131. The Kier molecular flexibility index (Phi) is 3.32. The Morgan fingerprint density at radius 1 is 1.75 bits per heavy atom. The molecule has 2 heteroatoms. The van der Waals surface area contributed by atoms with Crippen molar-refractivity contribution in [2.75, 3.05) is 6.61 Å². The third-order valence-corrected chi connectivity index (χ3v) is 0.612. The molecule has 0 aromatic heterocycles. The molecular formula is C2H7OSi. The van der Waals surface area contributed by atoms with E-state index in [-0.39, 0.29) is 6.61 Å². The molecule has 0 aromatic rings. The van der Waals surface area contributed by atoms with Gasteiger partial charge in [0, 0.05) is 10.2 Å². The molecule has 0 rings (SSSR count). The second-order valence-electron chi connectivity index (χ2n) is 0.704. The van der Waals surface area contributed by atoms with Gasteiger partial charge in [-0.3, -0.25) is 0 Å². The highest BCUT2D eigenvalue weighted by Crippen LogP contribution is 1.57. The monoisotopic (exact) mass is 75.0 g/mol. The highest BCUT2D eigenvalue weighted by molar-refractivity contribution is 6.08. The smallest absolute Gasteiger partial charge is 0.0791 e. The molecule has 0 spiro atoms. The SMILES string of the molecule is [O]CC[SiH3]. The fourth-order valence-corrected chi connectivity index (χ4v) is 0. The summed E-state index contributed by atoms with van der Waals surface area (Å²) in [4.78, 5) is 0. The third kappa shape index (κ3) is 2.18. The molecule has 0 amide bonds. The van der Waals surface area contributed by atoms with Gasteiger partial charge >= 0.3 is 0 Å². The molecule has 0 saturated carbocycles. The Balaban J connectivity index is 1.97. The predicted molar refractivity (Wildman–Crippen MR) is 20.3 cm³/mol. The molecule has 0 fully saturated rings. The molecule has 0 aromatic carbocycles. The fraction of sp³-hybridized carbons (Fsp3) is 1.00. The first-order valence-electron chi connectivity index (χ1n) is 1.50. The molecule has 25 valence electrons. The fourth-order valence-electron chi connectivity index (χ4n) is 0. The van der Waals surface area contributed by atoms with E-state index in [4.69, 9.17) is 0 Å². The second-order valence-corrected chi connectivity index (χ2v) is 1.70. The first-order valence-corrected chi connectivity index (χ1v) is 2.91. The van der Waals surface area contributed by atoms with Crippen molar-refractivity contribution >= 4 is 10.2 Å². The summed E-state index contributed by atoms with van der Waals surface area (Å²) in [6, 6.07) is 0.903. The third-order valence-electron chi connectivity index (χ3n) is 0.204. The number of hydrogen-bond acceptors (Lipinski definition) is 0. The zero-order chi connectivity index (χ0) is 3.41. The van der Waals surface area contributed by atoms with Crippen LogP contribution in [0.15, 0.2) is 0 Å². The molecular weight excluding hydrogens is 68.1 g/mol. The van der Waals surface area contributed by atoms with Gasteiger partial charge in [-0.05, 0) is 6.04 Å². The zero-order valence-corrected chi connectivity index (χ0v) is 4.82. The van der Waals surface area contributed by atoms with Crippen LogP contribution in [0.5, 0.6) is 0 Å². The molecule has 0 aliphatic carbocycles. The summed E-state index contributed by atoms with van der Waals surface area (Å²) >= 11 is 0. The van der Waals surface area contributed by atoms with Gasteiger partial charge in [0.1, 0.15) is 0 Å². The molecule has 4 heavy (non-hydrogen) atoms. The van der Waals surface area contributed by atoms with Gasteiger partial charge in [0.05, 0.1) is 6.61 Å². The Bertz CT molecular complexity index is 8.00. The minimum absolute atomic E-state index is 0.131.